The van der Waals surface area contributed by atoms with Crippen molar-refractivity contribution in [1.29, 1.82) is 0 Å². The summed E-state index contributed by atoms with van der Waals surface area (Å²) < 4.78 is 0. The van der Waals surface area contributed by atoms with E-state index < -0.39 is 12.0 Å². The molecule has 0 spiro atoms. The first kappa shape index (κ1) is 37.2. The van der Waals surface area contributed by atoms with Crippen molar-refractivity contribution in [2.45, 2.75) is 122 Å². The number of carbonyl (C=O) groups excluding carboxylic acids is 1. The lowest BCUT2D eigenvalue weighted by Gasteiger charge is -2.37. The molecule has 2 N–H and O–H groups in total. The SMILES string of the molecule is CCC(CC)N1Cc2ccc3c4ccc5c6c(cc(SCCC(=O)NC(CC7=CCc8ccccc87)C(=O)O)c(c7ccc(c2c37)C1)c64)CN(C(CC)CC)C5. The van der Waals surface area contributed by atoms with Crippen LogP contribution in [0.1, 0.15) is 99.6 Å². The Bertz CT molecular complexity index is 2520. The number of nitrogens with zero attached hydrogens (tertiary/aromatic N) is 2. The monoisotopic (exact) mass is 763 g/mol. The number of carboxylic acids is 1. The first-order valence-corrected chi connectivity index (χ1v) is 21.9. The van der Waals surface area contributed by atoms with Crippen molar-refractivity contribution in [3.05, 3.63) is 106 Å². The molecule has 0 fully saturated rings. The van der Waals surface area contributed by atoms with Crippen LogP contribution in [0.4, 0.5) is 0 Å². The van der Waals surface area contributed by atoms with E-state index in [1.807, 2.05) is 18.2 Å². The molecule has 6 nitrogen and oxygen atoms in total. The molecule has 288 valence electrons. The Labute approximate surface area is 334 Å². The number of carboxylic acid groups (broad SMARTS) is 1. The number of amides is 1. The zero-order chi connectivity index (χ0) is 38.7. The summed E-state index contributed by atoms with van der Waals surface area (Å²) >= 11 is 1.75. The number of hydrogen-bond donors (Lipinski definition) is 2. The van der Waals surface area contributed by atoms with E-state index in [2.05, 4.69) is 97.4 Å². The standard InChI is InChI=1S/C49H53N3O3S/c1-5-35(6-2)51-25-31-15-18-38-39-19-16-33-27-52(36(7-3)8-4)28-34-24-42(47(48(39)45(33)34)40-20-17-32(26-51)44(31)46(38)40)56-22-21-43(53)50-41(49(54)55)23-30-14-13-29-11-9-10-12-37(29)30/h9-12,14-20,24,35-36,41H,5-8,13,21-23,25-28H2,1-4H3,(H,50,53)(H,54,55). The van der Waals surface area contributed by atoms with E-state index in [1.54, 1.807) is 11.8 Å². The lowest BCUT2D eigenvalue weighted by Crippen LogP contribution is -2.41. The Kier molecular flexibility index (Phi) is 10.1. The van der Waals surface area contributed by atoms with E-state index in [0.29, 0.717) is 17.8 Å². The third-order valence-corrected chi connectivity index (χ3v) is 14.3. The van der Waals surface area contributed by atoms with E-state index >= 15 is 0 Å². The maximum absolute atomic E-state index is 13.5. The first-order chi connectivity index (χ1) is 27.3. The molecule has 6 aromatic rings. The number of nitrogens with one attached hydrogen (secondary N) is 1. The Hall–Kier alpha value is -4.43. The van der Waals surface area contributed by atoms with Crippen LogP contribution < -0.4 is 5.32 Å². The van der Waals surface area contributed by atoms with Crippen molar-refractivity contribution < 1.29 is 14.7 Å². The summed E-state index contributed by atoms with van der Waals surface area (Å²) in [7, 11) is 0. The minimum absolute atomic E-state index is 0.221. The molecular weight excluding hydrogens is 711 g/mol. The van der Waals surface area contributed by atoms with Crippen molar-refractivity contribution in [1.82, 2.24) is 15.1 Å². The average molecular weight is 764 g/mol. The van der Waals surface area contributed by atoms with Crippen molar-refractivity contribution in [2.75, 3.05) is 5.75 Å². The number of benzene rings is 6. The third-order valence-electron chi connectivity index (χ3n) is 13.3. The van der Waals surface area contributed by atoms with Gasteiger partial charge in [-0.05, 0) is 115 Å². The molecule has 1 atom stereocenters. The van der Waals surface area contributed by atoms with Gasteiger partial charge in [0.1, 0.15) is 6.04 Å². The second-order valence-corrected chi connectivity index (χ2v) is 17.5. The van der Waals surface area contributed by atoms with Gasteiger partial charge in [-0.1, -0.05) is 94.4 Å². The number of rotatable bonds is 14. The van der Waals surface area contributed by atoms with Crippen LogP contribution in [0.3, 0.4) is 0 Å². The van der Waals surface area contributed by atoms with Gasteiger partial charge in [-0.15, -0.1) is 11.8 Å². The molecule has 2 heterocycles. The molecule has 56 heavy (non-hydrogen) atoms. The van der Waals surface area contributed by atoms with Gasteiger partial charge in [0.15, 0.2) is 0 Å². The molecule has 9 rings (SSSR count). The van der Waals surface area contributed by atoms with Gasteiger partial charge in [-0.3, -0.25) is 14.6 Å². The summed E-state index contributed by atoms with van der Waals surface area (Å²) in [6.07, 6.45) is 7.98. The highest BCUT2D eigenvalue weighted by atomic mass is 32.2. The fourth-order valence-corrected chi connectivity index (χ4v) is 11.6. The molecule has 0 saturated heterocycles. The second-order valence-electron chi connectivity index (χ2n) is 16.3. The molecule has 3 aliphatic rings. The predicted molar refractivity (Wildman–Crippen MR) is 233 cm³/mol. The Morgan fingerprint density at radius 2 is 1.25 bits per heavy atom. The smallest absolute Gasteiger partial charge is 0.326 e. The first-order valence-electron chi connectivity index (χ1n) is 20.9. The van der Waals surface area contributed by atoms with Crippen molar-refractivity contribution >= 4 is 72.3 Å². The molecule has 0 saturated carbocycles. The molecule has 0 aromatic heterocycles. The summed E-state index contributed by atoms with van der Waals surface area (Å²) in [5.74, 6) is -0.659. The zero-order valence-electron chi connectivity index (χ0n) is 33.2. The van der Waals surface area contributed by atoms with Gasteiger partial charge < -0.3 is 10.4 Å². The van der Waals surface area contributed by atoms with Crippen molar-refractivity contribution in [2.24, 2.45) is 0 Å². The van der Waals surface area contributed by atoms with E-state index in [0.717, 1.165) is 69.4 Å². The van der Waals surface area contributed by atoms with Crippen LogP contribution in [0.15, 0.2) is 77.7 Å². The largest absolute Gasteiger partial charge is 0.480 e. The van der Waals surface area contributed by atoms with Crippen LogP contribution >= 0.6 is 11.8 Å². The molecular formula is C49H53N3O3S. The van der Waals surface area contributed by atoms with Gasteiger partial charge in [-0.25, -0.2) is 4.79 Å². The van der Waals surface area contributed by atoms with Crippen LogP contribution in [-0.4, -0.2) is 50.7 Å². The Balaban J connectivity index is 1.09. The predicted octanol–water partition coefficient (Wildman–Crippen LogP) is 10.8. The molecule has 7 heteroatoms. The zero-order valence-corrected chi connectivity index (χ0v) is 34.0. The van der Waals surface area contributed by atoms with Crippen LogP contribution in [0, 0.1) is 0 Å². The van der Waals surface area contributed by atoms with Crippen molar-refractivity contribution in [3.8, 4) is 0 Å². The Morgan fingerprint density at radius 3 is 1.88 bits per heavy atom. The fraction of sp³-hybridized carbons (Fsp3) is 0.388. The molecule has 1 unspecified atom stereocenters. The van der Waals surface area contributed by atoms with E-state index in [9.17, 15) is 14.7 Å². The lowest BCUT2D eigenvalue weighted by atomic mass is 9.82. The minimum Gasteiger partial charge on any atom is -0.480 e. The topological polar surface area (TPSA) is 72.9 Å². The Morgan fingerprint density at radius 1 is 0.679 bits per heavy atom. The summed E-state index contributed by atoms with van der Waals surface area (Å²) in [6.45, 7) is 13.0. The van der Waals surface area contributed by atoms with E-state index in [-0.39, 0.29) is 18.7 Å². The fourth-order valence-electron chi connectivity index (χ4n) is 10.5. The number of fused-ring (bicyclic) bond motifs is 3. The lowest BCUT2D eigenvalue weighted by molar-refractivity contribution is -0.141. The van der Waals surface area contributed by atoms with Crippen LogP contribution in [0.5, 0.6) is 0 Å². The highest BCUT2D eigenvalue weighted by Gasteiger charge is 2.30. The third kappa shape index (κ3) is 6.27. The quantitative estimate of drug-likeness (QED) is 0.0654. The highest BCUT2D eigenvalue weighted by molar-refractivity contribution is 7.99. The van der Waals surface area contributed by atoms with Gasteiger partial charge in [-0.2, -0.15) is 0 Å². The van der Waals surface area contributed by atoms with Gasteiger partial charge >= 0.3 is 5.97 Å². The average Bonchev–Trinajstić information content (AvgIpc) is 3.62. The van der Waals surface area contributed by atoms with E-state index in [1.165, 1.54) is 75.8 Å². The number of hydrogen-bond acceptors (Lipinski definition) is 5. The maximum atomic E-state index is 13.5. The number of carbonyl (C=O) groups is 2. The molecule has 2 aliphatic heterocycles. The molecule has 1 amide bonds. The van der Waals surface area contributed by atoms with Crippen LogP contribution in [0.25, 0.3) is 48.7 Å². The second kappa shape index (κ2) is 15.1. The van der Waals surface area contributed by atoms with Crippen LogP contribution in [-0.2, 0) is 42.2 Å². The van der Waals surface area contributed by atoms with Crippen LogP contribution in [0.2, 0.25) is 0 Å². The molecule has 0 bridgehead atoms. The van der Waals surface area contributed by atoms with Gasteiger partial charge in [0.25, 0.3) is 0 Å². The maximum Gasteiger partial charge on any atom is 0.326 e. The van der Waals surface area contributed by atoms with E-state index in [4.69, 9.17) is 0 Å². The number of aliphatic carboxylic acids is 1. The summed E-state index contributed by atoms with van der Waals surface area (Å²) in [4.78, 5) is 32.4. The highest BCUT2D eigenvalue weighted by Crippen LogP contribution is 2.49. The normalized spacial score (nSPS) is 16.1. The van der Waals surface area contributed by atoms with Gasteiger partial charge in [0.05, 0.1) is 0 Å². The minimum atomic E-state index is -0.999. The molecule has 6 aromatic carbocycles. The number of thioether (sulfide) groups is 1. The van der Waals surface area contributed by atoms with Gasteiger partial charge in [0.2, 0.25) is 5.91 Å². The summed E-state index contributed by atoms with van der Waals surface area (Å²) in [5.41, 5.74) is 8.91. The summed E-state index contributed by atoms with van der Waals surface area (Å²) in [5, 5.41) is 23.9. The molecule has 0 radical (unpaired) electrons. The van der Waals surface area contributed by atoms with Gasteiger partial charge in [0, 0.05) is 67.1 Å². The van der Waals surface area contributed by atoms with Crippen molar-refractivity contribution in [3.63, 3.8) is 0 Å². The molecule has 1 aliphatic carbocycles. The summed E-state index contributed by atoms with van der Waals surface area (Å²) in [6, 6.07) is 25.0. The number of allylic oxidation sites excluding steroid dienone is 1.